The van der Waals surface area contributed by atoms with Gasteiger partial charge in [0.2, 0.25) is 0 Å². The lowest BCUT2D eigenvalue weighted by molar-refractivity contribution is 0.525. The molecule has 78 valence electrons. The minimum absolute atomic E-state index is 0.0545. The summed E-state index contributed by atoms with van der Waals surface area (Å²) in [6.45, 7) is 2.56. The van der Waals surface area contributed by atoms with E-state index < -0.39 is 0 Å². The quantitative estimate of drug-likeness (QED) is 0.725. The summed E-state index contributed by atoms with van der Waals surface area (Å²) in [5.41, 5.74) is 2.18. The molecule has 0 atom stereocenters. The third-order valence-electron chi connectivity index (χ3n) is 2.63. The van der Waals surface area contributed by atoms with Crippen molar-refractivity contribution < 1.29 is 0 Å². The van der Waals surface area contributed by atoms with E-state index in [0.29, 0.717) is 6.54 Å². The number of aryl methyl sites for hydroxylation is 1. The van der Waals surface area contributed by atoms with E-state index in [-0.39, 0.29) is 5.56 Å². The van der Waals surface area contributed by atoms with Crippen molar-refractivity contribution >= 4 is 0 Å². The average molecular weight is 202 g/mol. The van der Waals surface area contributed by atoms with Crippen molar-refractivity contribution in [3.8, 4) is 0 Å². The molecule has 3 heteroatoms. The van der Waals surface area contributed by atoms with Crippen LogP contribution >= 0.6 is 0 Å². The van der Waals surface area contributed by atoms with Crippen LogP contribution in [0.1, 0.15) is 11.3 Å². The van der Waals surface area contributed by atoms with Crippen LogP contribution in [0.3, 0.4) is 0 Å². The minimum atomic E-state index is 0.0545. The normalized spacial score (nSPS) is 10.5. The van der Waals surface area contributed by atoms with Crippen LogP contribution in [0.15, 0.2) is 41.2 Å². The van der Waals surface area contributed by atoms with Crippen LogP contribution in [0.2, 0.25) is 0 Å². The standard InChI is InChI=1S/C12H14N2O/c1-10-8-12(15)14(13(10)2)9-11-6-4-3-5-7-11/h3-8H,9H2,1-2H3. The maximum Gasteiger partial charge on any atom is 0.267 e. The lowest BCUT2D eigenvalue weighted by atomic mass is 10.2. The lowest BCUT2D eigenvalue weighted by Crippen LogP contribution is -2.21. The molecule has 0 aliphatic rings. The van der Waals surface area contributed by atoms with E-state index in [1.165, 1.54) is 0 Å². The zero-order valence-electron chi connectivity index (χ0n) is 8.97. The maximum atomic E-state index is 11.6. The predicted octanol–water partition coefficient (Wildman–Crippen LogP) is 1.54. The highest BCUT2D eigenvalue weighted by molar-refractivity contribution is 5.15. The number of aromatic nitrogens is 2. The molecule has 3 nitrogen and oxygen atoms in total. The van der Waals surface area contributed by atoms with Crippen molar-refractivity contribution in [1.29, 1.82) is 0 Å². The van der Waals surface area contributed by atoms with Gasteiger partial charge >= 0.3 is 0 Å². The summed E-state index contributed by atoms with van der Waals surface area (Å²) in [6.07, 6.45) is 0. The van der Waals surface area contributed by atoms with Gasteiger partial charge in [0.25, 0.3) is 5.56 Å². The molecule has 0 saturated carbocycles. The second kappa shape index (κ2) is 3.77. The van der Waals surface area contributed by atoms with Crippen LogP contribution in [0.4, 0.5) is 0 Å². The number of hydrogen-bond acceptors (Lipinski definition) is 1. The van der Waals surface area contributed by atoms with Gasteiger partial charge in [-0.3, -0.25) is 9.48 Å². The zero-order valence-corrected chi connectivity index (χ0v) is 8.97. The SMILES string of the molecule is Cc1cc(=O)n(Cc2ccccc2)n1C. The number of hydrogen-bond donors (Lipinski definition) is 0. The Hall–Kier alpha value is -1.77. The Balaban J connectivity index is 2.37. The Labute approximate surface area is 88.6 Å². The third kappa shape index (κ3) is 1.86. The summed E-state index contributed by atoms with van der Waals surface area (Å²) < 4.78 is 3.61. The molecule has 1 aromatic carbocycles. The van der Waals surface area contributed by atoms with Gasteiger partial charge in [0.05, 0.1) is 6.54 Å². The van der Waals surface area contributed by atoms with Gasteiger partial charge in [0.15, 0.2) is 0 Å². The Kier molecular flexibility index (Phi) is 2.46. The Morgan fingerprint density at radius 3 is 2.40 bits per heavy atom. The number of nitrogens with zero attached hydrogens (tertiary/aromatic N) is 2. The van der Waals surface area contributed by atoms with Crippen molar-refractivity contribution in [3.05, 3.63) is 58.0 Å². The van der Waals surface area contributed by atoms with E-state index in [9.17, 15) is 4.79 Å². The van der Waals surface area contributed by atoms with Crippen LogP contribution in [0.25, 0.3) is 0 Å². The topological polar surface area (TPSA) is 26.9 Å². The van der Waals surface area contributed by atoms with Gasteiger partial charge in [-0.15, -0.1) is 0 Å². The maximum absolute atomic E-state index is 11.6. The summed E-state index contributed by atoms with van der Waals surface area (Å²) >= 11 is 0. The highest BCUT2D eigenvalue weighted by Crippen LogP contribution is 2.01. The molecule has 0 spiro atoms. The molecule has 0 radical (unpaired) electrons. The highest BCUT2D eigenvalue weighted by Gasteiger charge is 2.04. The van der Waals surface area contributed by atoms with Gasteiger partial charge in [-0.25, -0.2) is 4.68 Å². The first-order valence-corrected chi connectivity index (χ1v) is 4.96. The van der Waals surface area contributed by atoms with Gasteiger partial charge < -0.3 is 0 Å². The van der Waals surface area contributed by atoms with Crippen molar-refractivity contribution in [2.75, 3.05) is 0 Å². The van der Waals surface area contributed by atoms with E-state index in [2.05, 4.69) is 0 Å². The van der Waals surface area contributed by atoms with E-state index >= 15 is 0 Å². The third-order valence-corrected chi connectivity index (χ3v) is 2.63. The smallest absolute Gasteiger partial charge is 0.267 e. The summed E-state index contributed by atoms with van der Waals surface area (Å²) in [7, 11) is 1.90. The molecule has 0 N–H and O–H groups in total. The van der Waals surface area contributed by atoms with Crippen LogP contribution in [-0.2, 0) is 13.6 Å². The summed E-state index contributed by atoms with van der Waals surface area (Å²) in [4.78, 5) is 11.6. The Morgan fingerprint density at radius 1 is 1.20 bits per heavy atom. The number of rotatable bonds is 2. The molecule has 2 aromatic rings. The summed E-state index contributed by atoms with van der Waals surface area (Å²) in [6, 6.07) is 11.6. The highest BCUT2D eigenvalue weighted by atomic mass is 16.1. The van der Waals surface area contributed by atoms with Crippen LogP contribution in [0, 0.1) is 6.92 Å². The monoisotopic (exact) mass is 202 g/mol. The molecule has 2 rings (SSSR count). The van der Waals surface area contributed by atoms with Crippen LogP contribution < -0.4 is 5.56 Å². The van der Waals surface area contributed by atoms with E-state index in [1.54, 1.807) is 10.7 Å². The number of benzene rings is 1. The van der Waals surface area contributed by atoms with Crippen molar-refractivity contribution in [2.45, 2.75) is 13.5 Å². The molecule has 0 aliphatic heterocycles. The molecule has 0 saturated heterocycles. The summed E-state index contributed by atoms with van der Waals surface area (Å²) in [5.74, 6) is 0. The summed E-state index contributed by atoms with van der Waals surface area (Å²) in [5, 5.41) is 0. The first-order valence-electron chi connectivity index (χ1n) is 4.96. The van der Waals surface area contributed by atoms with Gasteiger partial charge in [-0.05, 0) is 12.5 Å². The van der Waals surface area contributed by atoms with Crippen LogP contribution in [-0.4, -0.2) is 9.36 Å². The van der Waals surface area contributed by atoms with Crippen molar-refractivity contribution in [1.82, 2.24) is 9.36 Å². The van der Waals surface area contributed by atoms with Crippen molar-refractivity contribution in [2.24, 2.45) is 7.05 Å². The second-order valence-electron chi connectivity index (χ2n) is 3.69. The first-order chi connectivity index (χ1) is 7.18. The molecule has 0 aliphatic carbocycles. The molecule has 0 fully saturated rings. The fraction of sp³-hybridized carbons (Fsp3) is 0.250. The molecule has 0 unspecified atom stereocenters. The van der Waals surface area contributed by atoms with Gasteiger partial charge in [0, 0.05) is 18.8 Å². The van der Waals surface area contributed by atoms with Crippen LogP contribution in [0.5, 0.6) is 0 Å². The Bertz CT molecular complexity index is 508. The largest absolute Gasteiger partial charge is 0.290 e. The van der Waals surface area contributed by atoms with Gasteiger partial charge in [0.1, 0.15) is 0 Å². The van der Waals surface area contributed by atoms with E-state index in [0.717, 1.165) is 11.3 Å². The fourth-order valence-electron chi connectivity index (χ4n) is 1.63. The van der Waals surface area contributed by atoms with Crippen molar-refractivity contribution in [3.63, 3.8) is 0 Å². The fourth-order valence-corrected chi connectivity index (χ4v) is 1.63. The van der Waals surface area contributed by atoms with E-state index in [1.807, 2.05) is 49.0 Å². The van der Waals surface area contributed by atoms with Gasteiger partial charge in [-0.2, -0.15) is 0 Å². The first kappa shape index (κ1) is 9.77. The van der Waals surface area contributed by atoms with E-state index in [4.69, 9.17) is 0 Å². The lowest BCUT2D eigenvalue weighted by Gasteiger charge is -2.08. The molecular weight excluding hydrogens is 188 g/mol. The molecule has 0 bridgehead atoms. The molecule has 1 aromatic heterocycles. The van der Waals surface area contributed by atoms with Gasteiger partial charge in [-0.1, -0.05) is 30.3 Å². The Morgan fingerprint density at radius 2 is 1.87 bits per heavy atom. The molecule has 1 heterocycles. The zero-order chi connectivity index (χ0) is 10.8. The minimum Gasteiger partial charge on any atom is -0.290 e. The predicted molar refractivity (Wildman–Crippen MR) is 60.0 cm³/mol. The second-order valence-corrected chi connectivity index (χ2v) is 3.69. The molecule has 0 amide bonds. The molecule has 15 heavy (non-hydrogen) atoms. The average Bonchev–Trinajstić information content (AvgIpc) is 2.47. The molecular formula is C12H14N2O.